The van der Waals surface area contributed by atoms with E-state index in [2.05, 4.69) is 10.2 Å². The van der Waals surface area contributed by atoms with Crippen LogP contribution in [0, 0.1) is 0 Å². The molecule has 0 unspecified atom stereocenters. The van der Waals surface area contributed by atoms with Crippen molar-refractivity contribution in [1.82, 2.24) is 21.4 Å². The summed E-state index contributed by atoms with van der Waals surface area (Å²) in [5.74, 6) is 0. The highest BCUT2D eigenvalue weighted by Gasteiger charge is 2.14. The van der Waals surface area contributed by atoms with E-state index in [0.717, 1.165) is 11.0 Å². The van der Waals surface area contributed by atoms with Gasteiger partial charge in [-0.05, 0) is 50.2 Å². The Morgan fingerprint density at radius 3 is 1.38 bits per heavy atom. The Balaban J connectivity index is 0.00000204. The lowest BCUT2D eigenvalue weighted by atomic mass is 10.3. The molecule has 12 nitrogen and oxygen atoms in total. The van der Waals surface area contributed by atoms with E-state index >= 15 is 0 Å². The van der Waals surface area contributed by atoms with Gasteiger partial charge in [0.15, 0.2) is 0 Å². The Morgan fingerprint density at radius 2 is 1.09 bits per heavy atom. The summed E-state index contributed by atoms with van der Waals surface area (Å²) in [5, 5.41) is 8.74. The summed E-state index contributed by atoms with van der Waals surface area (Å²) in [6, 6.07) is 8.68. The lowest BCUT2D eigenvalue weighted by molar-refractivity contribution is 0.481. The van der Waals surface area contributed by atoms with Crippen LogP contribution in [0.1, 0.15) is 13.8 Å². The predicted octanol–water partition coefficient (Wildman–Crippen LogP) is 2.99. The predicted molar refractivity (Wildman–Crippen MR) is 132 cm³/mol. The van der Waals surface area contributed by atoms with E-state index in [1.54, 1.807) is 12.1 Å². The minimum Gasteiger partial charge on any atom is -0.344 e. The standard InChI is InChI=1S/C18H18N4O6S4.2H3N/c1-3-21-13-7-5-11(31(23,24)25)9-15(13)29-17(21)19-20-18-22(4-2)14-8-6-12(32(26,27)28)10-16(14)30-18;;/h5-10H,3-4H2,1-2H3,(H,23,24,25)(H,26,27,28);2*1H3/b19-17+,20-18+;;. The Bertz CT molecular complexity index is 1580. The summed E-state index contributed by atoms with van der Waals surface area (Å²) >= 11 is 2.47. The Hall–Kier alpha value is -2.44. The summed E-state index contributed by atoms with van der Waals surface area (Å²) in [6.45, 7) is 4.98. The maximum absolute atomic E-state index is 11.4. The van der Waals surface area contributed by atoms with Crippen molar-refractivity contribution in [1.29, 1.82) is 0 Å². The van der Waals surface area contributed by atoms with Crippen LogP contribution >= 0.6 is 22.7 Å². The SMILES string of the molecule is CCn1/c(=N\N=c2\sc3cc(S(=O)(=O)O)ccc3n2CC)sc2cc(S(=O)(=O)O)ccc21.N.N. The molecule has 34 heavy (non-hydrogen) atoms. The van der Waals surface area contributed by atoms with Gasteiger partial charge in [0, 0.05) is 13.1 Å². The number of hydrogen-bond donors (Lipinski definition) is 4. The molecule has 2 aromatic carbocycles. The van der Waals surface area contributed by atoms with E-state index < -0.39 is 20.2 Å². The molecule has 0 saturated heterocycles. The second kappa shape index (κ2) is 10.0. The molecule has 0 amide bonds. The molecule has 0 saturated carbocycles. The van der Waals surface area contributed by atoms with E-state index in [9.17, 15) is 25.9 Å². The third kappa shape index (κ3) is 5.13. The van der Waals surface area contributed by atoms with Crippen molar-refractivity contribution in [2.24, 2.45) is 10.2 Å². The topological polar surface area (TPSA) is 213 Å². The number of fused-ring (bicyclic) bond motifs is 2. The van der Waals surface area contributed by atoms with Crippen LogP contribution in [0.3, 0.4) is 0 Å². The molecule has 0 spiro atoms. The van der Waals surface area contributed by atoms with Crippen molar-refractivity contribution in [2.75, 3.05) is 0 Å². The molecule has 0 bridgehead atoms. The molecule has 0 fully saturated rings. The van der Waals surface area contributed by atoms with Gasteiger partial charge in [-0.2, -0.15) is 16.8 Å². The van der Waals surface area contributed by atoms with E-state index in [4.69, 9.17) is 0 Å². The van der Waals surface area contributed by atoms with Crippen LogP contribution in [-0.2, 0) is 33.3 Å². The van der Waals surface area contributed by atoms with Crippen molar-refractivity contribution in [2.45, 2.75) is 36.7 Å². The number of hydrogen-bond acceptors (Lipinski definition) is 10. The summed E-state index contributed by atoms with van der Waals surface area (Å²) < 4.78 is 69.4. The van der Waals surface area contributed by atoms with Crippen molar-refractivity contribution in [3.8, 4) is 0 Å². The third-order valence-electron chi connectivity index (χ3n) is 4.76. The number of rotatable bonds is 5. The highest BCUT2D eigenvalue weighted by atomic mass is 32.2. The largest absolute Gasteiger partial charge is 0.344 e. The maximum Gasteiger partial charge on any atom is 0.294 e. The van der Waals surface area contributed by atoms with Crippen LogP contribution in [-0.4, -0.2) is 35.1 Å². The zero-order valence-corrected chi connectivity index (χ0v) is 21.5. The van der Waals surface area contributed by atoms with Gasteiger partial charge in [-0.25, -0.2) is 0 Å². The molecule has 186 valence electrons. The van der Waals surface area contributed by atoms with Crippen molar-refractivity contribution in [3.63, 3.8) is 0 Å². The average Bonchev–Trinajstić information content (AvgIpc) is 3.26. The molecule has 0 atom stereocenters. The van der Waals surface area contributed by atoms with Crippen LogP contribution in [0.25, 0.3) is 20.4 Å². The minimum atomic E-state index is -4.32. The van der Waals surface area contributed by atoms with Gasteiger partial charge < -0.3 is 21.4 Å². The number of thiazole rings is 2. The molecule has 0 aliphatic heterocycles. The molecular formula is C18H24N6O6S4. The molecule has 2 heterocycles. The van der Waals surface area contributed by atoms with Gasteiger partial charge in [0.1, 0.15) is 0 Å². The average molecular weight is 549 g/mol. The molecular weight excluding hydrogens is 525 g/mol. The first-order valence-corrected chi connectivity index (χ1v) is 13.8. The molecule has 16 heteroatoms. The van der Waals surface area contributed by atoms with Crippen molar-refractivity contribution < 1.29 is 25.9 Å². The summed E-state index contributed by atoms with van der Waals surface area (Å²) in [5.41, 5.74) is 1.52. The second-order valence-electron chi connectivity index (χ2n) is 6.67. The number of aromatic nitrogens is 2. The Morgan fingerprint density at radius 1 is 0.735 bits per heavy atom. The van der Waals surface area contributed by atoms with Crippen LogP contribution in [0.2, 0.25) is 0 Å². The molecule has 0 aliphatic carbocycles. The van der Waals surface area contributed by atoms with E-state index in [1.807, 2.05) is 23.0 Å². The zero-order valence-electron chi connectivity index (χ0n) is 18.2. The number of benzene rings is 2. The molecule has 2 aromatic heterocycles. The Labute approximate surface area is 203 Å². The van der Waals surface area contributed by atoms with Gasteiger partial charge in [-0.15, -0.1) is 10.2 Å². The summed E-state index contributed by atoms with van der Waals surface area (Å²) in [6.07, 6.45) is 0. The first-order chi connectivity index (χ1) is 15.0. The van der Waals surface area contributed by atoms with Gasteiger partial charge >= 0.3 is 0 Å². The van der Waals surface area contributed by atoms with Gasteiger partial charge in [-0.1, -0.05) is 22.7 Å². The molecule has 0 aliphatic rings. The van der Waals surface area contributed by atoms with Crippen LogP contribution in [0.15, 0.2) is 56.4 Å². The van der Waals surface area contributed by atoms with Gasteiger partial charge in [0.2, 0.25) is 9.60 Å². The van der Waals surface area contributed by atoms with Crippen LogP contribution < -0.4 is 21.9 Å². The number of aryl methyl sites for hydroxylation is 2. The fraction of sp³-hybridized carbons (Fsp3) is 0.222. The summed E-state index contributed by atoms with van der Waals surface area (Å²) in [4.78, 5) is 0.685. The summed E-state index contributed by atoms with van der Waals surface area (Å²) in [7, 11) is -8.63. The lowest BCUT2D eigenvalue weighted by Gasteiger charge is -2.01. The Kier molecular flexibility index (Phi) is 8.21. The quantitative estimate of drug-likeness (QED) is 0.214. The van der Waals surface area contributed by atoms with Gasteiger partial charge in [0.25, 0.3) is 20.2 Å². The van der Waals surface area contributed by atoms with E-state index in [-0.39, 0.29) is 22.1 Å². The van der Waals surface area contributed by atoms with Crippen LogP contribution in [0.5, 0.6) is 0 Å². The van der Waals surface area contributed by atoms with Gasteiger partial charge in [0.05, 0.1) is 30.2 Å². The normalized spacial score (nSPS) is 13.3. The minimum absolute atomic E-state index is 0. The first-order valence-electron chi connectivity index (χ1n) is 9.32. The number of nitrogens with zero attached hydrogens (tertiary/aromatic N) is 4. The lowest BCUT2D eigenvalue weighted by Crippen LogP contribution is -2.16. The van der Waals surface area contributed by atoms with E-state index in [0.29, 0.717) is 32.1 Å². The molecule has 4 rings (SSSR count). The van der Waals surface area contributed by atoms with E-state index in [1.165, 1.54) is 46.9 Å². The third-order valence-corrected chi connectivity index (χ3v) is 8.52. The second-order valence-corrected chi connectivity index (χ2v) is 11.5. The zero-order chi connectivity index (χ0) is 23.3. The van der Waals surface area contributed by atoms with Gasteiger partial charge in [-0.3, -0.25) is 9.11 Å². The van der Waals surface area contributed by atoms with Crippen LogP contribution in [0.4, 0.5) is 0 Å². The fourth-order valence-electron chi connectivity index (χ4n) is 3.28. The smallest absolute Gasteiger partial charge is 0.294 e. The highest BCUT2D eigenvalue weighted by molar-refractivity contribution is 7.86. The highest BCUT2D eigenvalue weighted by Crippen LogP contribution is 2.23. The maximum atomic E-state index is 11.4. The molecule has 0 radical (unpaired) electrons. The molecule has 8 N–H and O–H groups in total. The van der Waals surface area contributed by atoms with Crippen molar-refractivity contribution >= 4 is 63.3 Å². The van der Waals surface area contributed by atoms with Crippen molar-refractivity contribution in [3.05, 3.63) is 46.0 Å². The fourth-order valence-corrected chi connectivity index (χ4v) is 6.61. The first kappa shape index (κ1) is 27.8. The molecule has 4 aromatic rings. The monoisotopic (exact) mass is 548 g/mol.